The molecule has 3 unspecified atom stereocenters. The molecule has 0 rings (SSSR count). The van der Waals surface area contributed by atoms with Gasteiger partial charge < -0.3 is 20.1 Å². The third-order valence-corrected chi connectivity index (χ3v) is 8.37. The van der Waals surface area contributed by atoms with Crippen molar-refractivity contribution in [2.24, 2.45) is 0 Å². The average Bonchev–Trinajstić information content (AvgIpc) is 2.86. The average molecular weight is 528 g/mol. The van der Waals surface area contributed by atoms with E-state index in [9.17, 15) is 29.7 Å². The zero-order valence-electron chi connectivity index (χ0n) is 24.3. The third-order valence-electron chi connectivity index (χ3n) is 8.37. The van der Waals surface area contributed by atoms with E-state index in [1.54, 1.807) is 0 Å². The number of quaternary nitrogens is 1. The molecule has 0 amide bonds. The van der Waals surface area contributed by atoms with Crippen LogP contribution in [0, 0.1) is 0 Å². The number of carbonyl (C=O) groups excluding carboxylic acids is 1. The molecule has 2 N–H and O–H groups in total. The van der Waals surface area contributed by atoms with Gasteiger partial charge >= 0.3 is 11.9 Å². The lowest BCUT2D eigenvalue weighted by atomic mass is 9.99. The fourth-order valence-corrected chi connectivity index (χ4v) is 5.66. The van der Waals surface area contributed by atoms with Gasteiger partial charge in [0.15, 0.2) is 12.1 Å². The van der Waals surface area contributed by atoms with Gasteiger partial charge in [-0.3, -0.25) is 4.48 Å². The second-order valence-electron chi connectivity index (χ2n) is 11.1. The summed E-state index contributed by atoms with van der Waals surface area (Å²) in [4.78, 5) is 35.2. The number of nitrogens with zero attached hydrogens (tertiary/aromatic N) is 1. The van der Waals surface area contributed by atoms with Crippen LogP contribution in [0.15, 0.2) is 0 Å². The molecular weight excluding hydrogens is 470 g/mol. The minimum Gasteiger partial charge on any atom is -0.544 e. The molecule has 37 heavy (non-hydrogen) atoms. The summed E-state index contributed by atoms with van der Waals surface area (Å²) in [7, 11) is 0. The molecule has 7 heteroatoms. The van der Waals surface area contributed by atoms with Crippen LogP contribution in [0.5, 0.6) is 0 Å². The molecule has 0 spiro atoms. The van der Waals surface area contributed by atoms with Gasteiger partial charge in [0.05, 0.1) is 12.5 Å². The number of unbranched alkanes of at least 4 members (excludes halogenated alkanes) is 18. The van der Waals surface area contributed by atoms with Crippen molar-refractivity contribution < 1.29 is 34.2 Å². The number of aliphatic carboxylic acids is 3. The summed E-state index contributed by atoms with van der Waals surface area (Å²) in [6, 6.07) is -3.54. The minimum absolute atomic E-state index is 0.189. The first-order chi connectivity index (χ1) is 17.6. The van der Waals surface area contributed by atoms with Crippen molar-refractivity contribution in [3.8, 4) is 0 Å². The van der Waals surface area contributed by atoms with Gasteiger partial charge in [0, 0.05) is 0 Å². The molecule has 0 saturated carbocycles. The molecule has 7 nitrogen and oxygen atoms in total. The Morgan fingerprint density at radius 3 is 1.05 bits per heavy atom. The van der Waals surface area contributed by atoms with Gasteiger partial charge in [-0.25, -0.2) is 9.59 Å². The highest BCUT2D eigenvalue weighted by Gasteiger charge is 2.50. The van der Waals surface area contributed by atoms with Crippen LogP contribution in [0.4, 0.5) is 0 Å². The van der Waals surface area contributed by atoms with Crippen molar-refractivity contribution in [2.45, 2.75) is 168 Å². The first-order valence-electron chi connectivity index (χ1n) is 15.2. The maximum atomic E-state index is 11.8. The summed E-state index contributed by atoms with van der Waals surface area (Å²) >= 11 is 0. The second-order valence-corrected chi connectivity index (χ2v) is 11.1. The summed E-state index contributed by atoms with van der Waals surface area (Å²) in [5, 5.41) is 30.9. The molecule has 0 aliphatic heterocycles. The Kier molecular flexibility index (Phi) is 20.4. The van der Waals surface area contributed by atoms with E-state index in [4.69, 9.17) is 0 Å². The van der Waals surface area contributed by atoms with Crippen LogP contribution >= 0.6 is 0 Å². The van der Waals surface area contributed by atoms with Crippen LogP contribution in [0.2, 0.25) is 0 Å². The van der Waals surface area contributed by atoms with Crippen molar-refractivity contribution in [2.75, 3.05) is 6.54 Å². The van der Waals surface area contributed by atoms with Crippen molar-refractivity contribution in [1.29, 1.82) is 0 Å². The summed E-state index contributed by atoms with van der Waals surface area (Å²) in [6.45, 7) is 6.61. The van der Waals surface area contributed by atoms with Gasteiger partial charge in [-0.2, -0.15) is 0 Å². The Hall–Kier alpha value is -1.63. The quantitative estimate of drug-likeness (QED) is 0.100. The maximum Gasteiger partial charge on any atom is 0.362 e. The van der Waals surface area contributed by atoms with E-state index in [2.05, 4.69) is 6.92 Å². The van der Waals surface area contributed by atoms with E-state index in [0.717, 1.165) is 19.3 Å². The summed E-state index contributed by atoms with van der Waals surface area (Å²) in [6.07, 6.45) is 23.6. The lowest BCUT2D eigenvalue weighted by Gasteiger charge is -2.49. The van der Waals surface area contributed by atoms with Crippen LogP contribution in [0.3, 0.4) is 0 Å². The third kappa shape index (κ3) is 14.2. The molecule has 0 aliphatic carbocycles. The Morgan fingerprint density at radius 2 is 0.811 bits per heavy atom. The van der Waals surface area contributed by atoms with Gasteiger partial charge in [-0.1, -0.05) is 116 Å². The zero-order valence-corrected chi connectivity index (χ0v) is 24.3. The molecule has 0 bridgehead atoms. The van der Waals surface area contributed by atoms with Crippen molar-refractivity contribution >= 4 is 17.9 Å². The number of carboxylic acids is 3. The number of hydrogen-bond acceptors (Lipinski definition) is 4. The fraction of sp³-hybridized carbons (Fsp3) is 0.900. The monoisotopic (exact) mass is 527 g/mol. The van der Waals surface area contributed by atoms with Crippen molar-refractivity contribution in [1.82, 2.24) is 0 Å². The molecule has 0 aromatic rings. The van der Waals surface area contributed by atoms with E-state index in [1.807, 2.05) is 0 Å². The summed E-state index contributed by atoms with van der Waals surface area (Å²) < 4.78 is -0.536. The predicted octanol–water partition coefficient (Wildman–Crippen LogP) is 6.32. The summed E-state index contributed by atoms with van der Waals surface area (Å²) in [5.41, 5.74) is 0. The number of carboxylic acid groups (broad SMARTS) is 3. The van der Waals surface area contributed by atoms with Crippen LogP contribution in [-0.2, 0) is 14.4 Å². The van der Waals surface area contributed by atoms with Gasteiger partial charge in [0.25, 0.3) is 0 Å². The Bertz CT molecular complexity index is 573. The SMILES string of the molecule is CCCCCCCCCCCCCCCCCCCCC[N+](C(C)C(=O)[O-])(C(C)C(=O)O)C(C)C(=O)O. The smallest absolute Gasteiger partial charge is 0.362 e. The lowest BCUT2D eigenvalue weighted by molar-refractivity contribution is -0.969. The molecule has 0 fully saturated rings. The molecule has 0 aromatic carbocycles. The molecule has 0 aromatic heterocycles. The van der Waals surface area contributed by atoms with Crippen molar-refractivity contribution in [3.63, 3.8) is 0 Å². The van der Waals surface area contributed by atoms with E-state index in [0.29, 0.717) is 6.42 Å². The van der Waals surface area contributed by atoms with Crippen LogP contribution in [-0.4, -0.2) is 57.3 Å². The summed E-state index contributed by atoms with van der Waals surface area (Å²) in [5.74, 6) is -3.81. The molecular formula is C30H57NO6. The molecule has 0 aliphatic rings. The van der Waals surface area contributed by atoms with E-state index < -0.39 is 40.5 Å². The van der Waals surface area contributed by atoms with Crippen LogP contribution in [0.25, 0.3) is 0 Å². The normalized spacial score (nSPS) is 15.6. The number of rotatable bonds is 26. The zero-order chi connectivity index (χ0) is 28.1. The highest BCUT2D eigenvalue weighted by molar-refractivity contribution is 5.76. The molecule has 0 radical (unpaired) electrons. The Balaban J connectivity index is 4.08. The van der Waals surface area contributed by atoms with Gasteiger partial charge in [-0.05, 0) is 33.6 Å². The second kappa shape index (κ2) is 21.3. The van der Waals surface area contributed by atoms with Gasteiger partial charge in [-0.15, -0.1) is 0 Å². The predicted molar refractivity (Wildman–Crippen MR) is 147 cm³/mol. The molecule has 0 saturated heterocycles. The molecule has 218 valence electrons. The largest absolute Gasteiger partial charge is 0.544 e. The minimum atomic E-state index is -1.42. The van der Waals surface area contributed by atoms with Crippen molar-refractivity contribution in [3.05, 3.63) is 0 Å². The Labute approximate surface area is 226 Å². The van der Waals surface area contributed by atoms with Gasteiger partial charge in [0.1, 0.15) is 6.04 Å². The van der Waals surface area contributed by atoms with Gasteiger partial charge in [0.2, 0.25) is 0 Å². The van der Waals surface area contributed by atoms with Crippen LogP contribution in [0.1, 0.15) is 150 Å². The molecule has 3 atom stereocenters. The van der Waals surface area contributed by atoms with Crippen LogP contribution < -0.4 is 5.11 Å². The lowest BCUT2D eigenvalue weighted by Crippen LogP contribution is -2.72. The fourth-order valence-electron chi connectivity index (χ4n) is 5.66. The van der Waals surface area contributed by atoms with E-state index in [-0.39, 0.29) is 6.54 Å². The Morgan fingerprint density at radius 1 is 0.541 bits per heavy atom. The van der Waals surface area contributed by atoms with E-state index in [1.165, 1.54) is 117 Å². The highest BCUT2D eigenvalue weighted by atomic mass is 16.4. The maximum absolute atomic E-state index is 11.8. The first-order valence-corrected chi connectivity index (χ1v) is 15.2. The van der Waals surface area contributed by atoms with E-state index >= 15 is 0 Å². The molecule has 0 heterocycles. The highest BCUT2D eigenvalue weighted by Crippen LogP contribution is 2.27. The first kappa shape index (κ1) is 35.4. The topological polar surface area (TPSA) is 115 Å². The standard InChI is InChI=1S/C30H57NO6/c1-5-6-7-8-9-10-11-12-13-14-15-16-17-18-19-20-21-22-23-24-31(25(2)28(32)33,26(3)29(34)35)27(4)30(36)37/h25-27H,5-24H2,1-4H3,(H2-,32,33,34,35,36,37). The number of hydrogen-bond donors (Lipinski definition) is 2. The number of carbonyl (C=O) groups is 3.